The zero-order chi connectivity index (χ0) is 20.3. The monoisotopic (exact) mass is 387 g/mol. The number of nitrogens with one attached hydrogen (secondary N) is 1. The van der Waals surface area contributed by atoms with Gasteiger partial charge in [0, 0.05) is 17.0 Å². The van der Waals surface area contributed by atoms with Crippen molar-refractivity contribution in [2.75, 3.05) is 0 Å². The number of aliphatic carboxylic acids is 1. The SMILES string of the molecule is CC(C)NC(C)C.NC(N)=Nc1nc2c(s1)CCCC2C(=O)O.O=CO. The van der Waals surface area contributed by atoms with E-state index >= 15 is 0 Å². The first-order valence-electron chi connectivity index (χ1n) is 8.28. The van der Waals surface area contributed by atoms with Crippen molar-refractivity contribution in [1.82, 2.24) is 10.3 Å². The number of carboxylic acids is 1. The number of aryl methyl sites for hydroxylation is 1. The number of fused-ring (bicyclic) bond motifs is 1. The molecule has 1 aliphatic rings. The molecule has 1 aliphatic carbocycles. The summed E-state index contributed by atoms with van der Waals surface area (Å²) >= 11 is 1.36. The number of carboxylic acid groups (broad SMARTS) is 2. The van der Waals surface area contributed by atoms with Gasteiger partial charge in [0.2, 0.25) is 5.13 Å². The summed E-state index contributed by atoms with van der Waals surface area (Å²) in [5, 5.41) is 19.7. The molecule has 26 heavy (non-hydrogen) atoms. The molecule has 0 aromatic carbocycles. The fourth-order valence-corrected chi connectivity index (χ4v) is 3.53. The largest absolute Gasteiger partial charge is 0.483 e. The molecule has 7 N–H and O–H groups in total. The highest BCUT2D eigenvalue weighted by Gasteiger charge is 2.29. The Morgan fingerprint density at radius 3 is 2.27 bits per heavy atom. The van der Waals surface area contributed by atoms with Crippen LogP contribution in [0.5, 0.6) is 0 Å². The summed E-state index contributed by atoms with van der Waals surface area (Å²) in [5.41, 5.74) is 11.1. The second-order valence-electron chi connectivity index (χ2n) is 6.21. The van der Waals surface area contributed by atoms with Crippen LogP contribution in [0, 0.1) is 0 Å². The lowest BCUT2D eigenvalue weighted by atomic mass is 9.91. The minimum absolute atomic E-state index is 0.0574. The molecular formula is C16H29N5O4S. The van der Waals surface area contributed by atoms with Crippen molar-refractivity contribution in [3.05, 3.63) is 10.6 Å². The van der Waals surface area contributed by atoms with Gasteiger partial charge >= 0.3 is 5.97 Å². The number of carbonyl (C=O) groups is 2. The molecule has 148 valence electrons. The molecule has 0 amide bonds. The lowest BCUT2D eigenvalue weighted by Crippen LogP contribution is -2.29. The Hall–Kier alpha value is -2.20. The molecule has 2 rings (SSSR count). The average molecular weight is 388 g/mol. The molecule has 0 fully saturated rings. The lowest BCUT2D eigenvalue weighted by Gasteiger charge is -2.16. The number of aromatic nitrogens is 1. The van der Waals surface area contributed by atoms with E-state index in [2.05, 4.69) is 43.0 Å². The molecule has 1 unspecified atom stereocenters. The number of thiazole rings is 1. The third-order valence-electron chi connectivity index (χ3n) is 3.13. The Labute approximate surface area is 157 Å². The van der Waals surface area contributed by atoms with E-state index in [0.717, 1.165) is 17.7 Å². The van der Waals surface area contributed by atoms with Crippen LogP contribution in [0.2, 0.25) is 0 Å². The van der Waals surface area contributed by atoms with Crippen molar-refractivity contribution in [2.24, 2.45) is 16.5 Å². The van der Waals surface area contributed by atoms with Crippen LogP contribution in [-0.4, -0.2) is 45.7 Å². The highest BCUT2D eigenvalue weighted by molar-refractivity contribution is 7.15. The van der Waals surface area contributed by atoms with E-state index in [0.29, 0.717) is 29.3 Å². The van der Waals surface area contributed by atoms with Crippen LogP contribution >= 0.6 is 11.3 Å². The van der Waals surface area contributed by atoms with Crippen LogP contribution in [0.25, 0.3) is 0 Å². The molecule has 0 radical (unpaired) electrons. The highest BCUT2D eigenvalue weighted by Crippen LogP contribution is 2.37. The minimum Gasteiger partial charge on any atom is -0.483 e. The van der Waals surface area contributed by atoms with Gasteiger partial charge < -0.3 is 27.0 Å². The topological polar surface area (TPSA) is 164 Å². The Morgan fingerprint density at radius 2 is 1.88 bits per heavy atom. The van der Waals surface area contributed by atoms with Gasteiger partial charge in [0.1, 0.15) is 5.92 Å². The van der Waals surface area contributed by atoms with Crippen molar-refractivity contribution in [1.29, 1.82) is 0 Å². The Kier molecular flexibility index (Phi) is 11.2. The van der Waals surface area contributed by atoms with E-state index in [1.54, 1.807) is 0 Å². The van der Waals surface area contributed by atoms with Gasteiger partial charge in [-0.15, -0.1) is 0 Å². The predicted molar refractivity (Wildman–Crippen MR) is 103 cm³/mol. The molecule has 1 aromatic heterocycles. The van der Waals surface area contributed by atoms with Gasteiger partial charge in [0.05, 0.1) is 5.69 Å². The van der Waals surface area contributed by atoms with Crippen LogP contribution in [0.3, 0.4) is 0 Å². The molecule has 1 aromatic rings. The highest BCUT2D eigenvalue weighted by atomic mass is 32.1. The Morgan fingerprint density at radius 1 is 1.35 bits per heavy atom. The summed E-state index contributed by atoms with van der Waals surface area (Å²) < 4.78 is 0. The summed E-state index contributed by atoms with van der Waals surface area (Å²) in [6.45, 7) is 8.36. The van der Waals surface area contributed by atoms with Gasteiger partial charge in [-0.2, -0.15) is 4.99 Å². The van der Waals surface area contributed by atoms with Gasteiger partial charge in [-0.1, -0.05) is 39.0 Å². The van der Waals surface area contributed by atoms with Crippen molar-refractivity contribution >= 4 is 34.9 Å². The molecule has 9 nitrogen and oxygen atoms in total. The van der Waals surface area contributed by atoms with Gasteiger partial charge in [0.15, 0.2) is 5.96 Å². The number of hydrogen-bond donors (Lipinski definition) is 5. The zero-order valence-electron chi connectivity index (χ0n) is 15.6. The quantitative estimate of drug-likeness (QED) is 0.295. The lowest BCUT2D eigenvalue weighted by molar-refractivity contribution is -0.139. The number of aliphatic imine (C=N–C) groups is 1. The molecule has 1 atom stereocenters. The fraction of sp³-hybridized carbons (Fsp3) is 0.625. The molecule has 0 aliphatic heterocycles. The number of rotatable bonds is 4. The Bertz CT molecular complexity index is 591. The minimum atomic E-state index is -0.831. The first kappa shape index (κ1) is 23.8. The first-order chi connectivity index (χ1) is 12.1. The Balaban J connectivity index is 0.000000526. The van der Waals surface area contributed by atoms with Gasteiger partial charge in [-0.05, 0) is 19.3 Å². The molecule has 10 heteroatoms. The van der Waals surface area contributed by atoms with Gasteiger partial charge in [-0.25, -0.2) is 4.98 Å². The molecular weight excluding hydrogens is 358 g/mol. The van der Waals surface area contributed by atoms with E-state index < -0.39 is 11.9 Å². The maximum absolute atomic E-state index is 11.0. The standard InChI is InChI=1S/C9H12N4O2S.C6H15N.CH2O2/c10-8(11)13-9-12-6-4(7(14)15)2-1-3-5(6)16-9;1-5(2)7-6(3)4;2-1-3/h4H,1-3H2,(H,14,15)(H4,10,11,12,13);5-7H,1-4H3;1H,(H,2,3). The molecule has 1 heterocycles. The van der Waals surface area contributed by atoms with E-state index in [1.165, 1.54) is 11.3 Å². The number of guanidine groups is 1. The van der Waals surface area contributed by atoms with Gasteiger partial charge in [0.25, 0.3) is 6.47 Å². The summed E-state index contributed by atoms with van der Waals surface area (Å²) in [6.07, 6.45) is 2.36. The van der Waals surface area contributed by atoms with Crippen molar-refractivity contribution in [2.45, 2.75) is 65.0 Å². The smallest absolute Gasteiger partial charge is 0.312 e. The molecule has 0 saturated heterocycles. The number of nitrogens with two attached hydrogens (primary N) is 2. The van der Waals surface area contributed by atoms with Crippen molar-refractivity contribution in [3.8, 4) is 0 Å². The first-order valence-corrected chi connectivity index (χ1v) is 9.09. The van der Waals surface area contributed by atoms with E-state index in [9.17, 15) is 4.79 Å². The summed E-state index contributed by atoms with van der Waals surface area (Å²) in [7, 11) is 0. The third-order valence-corrected chi connectivity index (χ3v) is 4.16. The van der Waals surface area contributed by atoms with Crippen molar-refractivity contribution in [3.63, 3.8) is 0 Å². The van der Waals surface area contributed by atoms with Crippen LogP contribution in [0.1, 0.15) is 57.0 Å². The number of nitrogens with zero attached hydrogens (tertiary/aromatic N) is 2. The summed E-state index contributed by atoms with van der Waals surface area (Å²) in [5.74, 6) is -1.40. The van der Waals surface area contributed by atoms with E-state index in [-0.39, 0.29) is 12.4 Å². The van der Waals surface area contributed by atoms with Crippen molar-refractivity contribution < 1.29 is 19.8 Å². The van der Waals surface area contributed by atoms with Crippen LogP contribution in [0.15, 0.2) is 4.99 Å². The van der Waals surface area contributed by atoms with E-state index in [4.69, 9.17) is 26.5 Å². The molecule has 0 bridgehead atoms. The maximum Gasteiger partial charge on any atom is 0.312 e. The second-order valence-corrected chi connectivity index (χ2v) is 7.27. The van der Waals surface area contributed by atoms with Crippen LogP contribution in [0.4, 0.5) is 5.13 Å². The third kappa shape index (κ3) is 9.33. The normalized spacial score (nSPS) is 15.1. The fourth-order valence-electron chi connectivity index (χ4n) is 2.47. The number of hydrogen-bond acceptors (Lipinski definition) is 6. The van der Waals surface area contributed by atoms with Gasteiger partial charge in [-0.3, -0.25) is 9.59 Å². The van der Waals surface area contributed by atoms with E-state index in [1.807, 2.05) is 0 Å². The maximum atomic E-state index is 11.0. The van der Waals surface area contributed by atoms with Crippen LogP contribution < -0.4 is 16.8 Å². The molecule has 0 spiro atoms. The zero-order valence-corrected chi connectivity index (χ0v) is 16.4. The summed E-state index contributed by atoms with van der Waals surface area (Å²) in [6, 6.07) is 1.25. The predicted octanol–water partition coefficient (Wildman–Crippen LogP) is 1.65. The van der Waals surface area contributed by atoms with Crippen LogP contribution in [-0.2, 0) is 16.0 Å². The average Bonchev–Trinajstić information content (AvgIpc) is 2.87. The summed E-state index contributed by atoms with van der Waals surface area (Å²) in [4.78, 5) is 28.4. The molecule has 0 saturated carbocycles. The second kappa shape index (κ2) is 12.2.